The molecule has 0 aliphatic heterocycles. The number of hydrogen-bond acceptors (Lipinski definition) is 2. The number of rotatable bonds is 5. The summed E-state index contributed by atoms with van der Waals surface area (Å²) in [6, 6.07) is 8.54. The van der Waals surface area contributed by atoms with Gasteiger partial charge in [0.2, 0.25) is 0 Å². The monoisotopic (exact) mass is 193 g/mol. The molecule has 0 saturated carbocycles. The lowest BCUT2D eigenvalue weighted by Gasteiger charge is -2.19. The lowest BCUT2D eigenvalue weighted by atomic mass is 10.1. The zero-order valence-electron chi connectivity index (χ0n) is 9.03. The normalized spacial score (nSPS) is 10.2. The third-order valence-corrected chi connectivity index (χ3v) is 2.41. The topological polar surface area (TPSA) is 23.5 Å². The van der Waals surface area contributed by atoms with Crippen LogP contribution >= 0.6 is 0 Å². The van der Waals surface area contributed by atoms with Crippen molar-refractivity contribution in [3.8, 4) is 0 Å². The van der Waals surface area contributed by atoms with Crippen LogP contribution in [0.3, 0.4) is 0 Å². The first kappa shape index (κ1) is 11.1. The lowest BCUT2D eigenvalue weighted by Crippen LogP contribution is -2.19. The van der Waals surface area contributed by atoms with Gasteiger partial charge >= 0.3 is 0 Å². The van der Waals surface area contributed by atoms with Crippen LogP contribution in [0.4, 0.5) is 5.69 Å². The smallest absolute Gasteiger partial charge is 0.0447 e. The second-order valence-electron chi connectivity index (χ2n) is 3.52. The lowest BCUT2D eigenvalue weighted by molar-refractivity contribution is 0.290. The third kappa shape index (κ3) is 3.04. The van der Waals surface area contributed by atoms with E-state index < -0.39 is 0 Å². The van der Waals surface area contributed by atoms with Crippen molar-refractivity contribution in [2.75, 3.05) is 25.1 Å². The Morgan fingerprint density at radius 2 is 2.14 bits per heavy atom. The van der Waals surface area contributed by atoms with E-state index >= 15 is 0 Å². The first-order chi connectivity index (χ1) is 6.77. The summed E-state index contributed by atoms with van der Waals surface area (Å²) >= 11 is 0. The van der Waals surface area contributed by atoms with Crippen LogP contribution in [0.2, 0.25) is 0 Å². The average molecular weight is 193 g/mol. The first-order valence-corrected chi connectivity index (χ1v) is 5.19. The van der Waals surface area contributed by atoms with Gasteiger partial charge in [0.1, 0.15) is 0 Å². The van der Waals surface area contributed by atoms with Crippen LogP contribution in [0.15, 0.2) is 24.3 Å². The maximum Gasteiger partial charge on any atom is 0.0447 e. The highest BCUT2D eigenvalue weighted by Gasteiger charge is 2.00. The van der Waals surface area contributed by atoms with Gasteiger partial charge in [-0.25, -0.2) is 0 Å². The Bertz CT molecular complexity index is 273. The fourth-order valence-corrected chi connectivity index (χ4v) is 1.45. The number of hydrogen-bond donors (Lipinski definition) is 1. The molecule has 2 nitrogen and oxygen atoms in total. The Labute approximate surface area is 86.2 Å². The van der Waals surface area contributed by atoms with Crippen molar-refractivity contribution in [1.82, 2.24) is 0 Å². The third-order valence-electron chi connectivity index (χ3n) is 2.41. The van der Waals surface area contributed by atoms with Crippen molar-refractivity contribution < 1.29 is 5.11 Å². The van der Waals surface area contributed by atoms with Gasteiger partial charge < -0.3 is 10.0 Å². The summed E-state index contributed by atoms with van der Waals surface area (Å²) in [5.74, 6) is 0. The van der Waals surface area contributed by atoms with Gasteiger partial charge in [-0.3, -0.25) is 0 Å². The van der Waals surface area contributed by atoms with Crippen molar-refractivity contribution in [1.29, 1.82) is 0 Å². The molecule has 2 heteroatoms. The molecular formula is C12H19NO. The zero-order chi connectivity index (χ0) is 10.4. The number of aliphatic hydroxyl groups excluding tert-OH is 1. The molecule has 0 fully saturated rings. The quantitative estimate of drug-likeness (QED) is 0.773. The summed E-state index contributed by atoms with van der Waals surface area (Å²) < 4.78 is 0. The van der Waals surface area contributed by atoms with E-state index in [-0.39, 0.29) is 6.61 Å². The average Bonchev–Trinajstić information content (AvgIpc) is 2.26. The number of aliphatic hydroxyl groups is 1. The van der Waals surface area contributed by atoms with E-state index in [0.717, 1.165) is 19.4 Å². The van der Waals surface area contributed by atoms with Crippen LogP contribution in [0, 0.1) is 0 Å². The van der Waals surface area contributed by atoms with Crippen molar-refractivity contribution in [2.45, 2.75) is 19.8 Å². The Hall–Kier alpha value is -1.02. The van der Waals surface area contributed by atoms with E-state index in [9.17, 15) is 0 Å². The van der Waals surface area contributed by atoms with Gasteiger partial charge in [-0.2, -0.15) is 0 Å². The molecule has 0 heterocycles. The number of benzene rings is 1. The van der Waals surface area contributed by atoms with Gasteiger partial charge in [0.15, 0.2) is 0 Å². The van der Waals surface area contributed by atoms with Crippen LogP contribution in [0.25, 0.3) is 0 Å². The molecule has 1 N–H and O–H groups in total. The second-order valence-corrected chi connectivity index (χ2v) is 3.52. The van der Waals surface area contributed by atoms with Crippen molar-refractivity contribution in [3.63, 3.8) is 0 Å². The molecule has 78 valence electrons. The molecule has 14 heavy (non-hydrogen) atoms. The van der Waals surface area contributed by atoms with Crippen LogP contribution in [-0.4, -0.2) is 25.3 Å². The van der Waals surface area contributed by atoms with E-state index in [1.807, 2.05) is 0 Å². The van der Waals surface area contributed by atoms with E-state index in [1.165, 1.54) is 11.3 Å². The minimum atomic E-state index is 0.262. The summed E-state index contributed by atoms with van der Waals surface area (Å²) in [5.41, 5.74) is 2.59. The maximum atomic E-state index is 8.74. The Morgan fingerprint density at radius 1 is 1.36 bits per heavy atom. The molecule has 1 aromatic rings. The standard InChI is InChI=1S/C12H19NO/c1-3-11-6-4-7-12(10-11)13(2)8-5-9-14/h4,6-7,10,14H,3,5,8-9H2,1-2H3. The minimum Gasteiger partial charge on any atom is -0.396 e. The number of nitrogens with zero attached hydrogens (tertiary/aromatic N) is 1. The number of aryl methyl sites for hydroxylation is 1. The first-order valence-electron chi connectivity index (χ1n) is 5.19. The fraction of sp³-hybridized carbons (Fsp3) is 0.500. The van der Waals surface area contributed by atoms with E-state index in [2.05, 4.69) is 43.1 Å². The van der Waals surface area contributed by atoms with Crippen molar-refractivity contribution in [3.05, 3.63) is 29.8 Å². The van der Waals surface area contributed by atoms with Crippen molar-refractivity contribution in [2.24, 2.45) is 0 Å². The highest BCUT2D eigenvalue weighted by atomic mass is 16.3. The summed E-state index contributed by atoms with van der Waals surface area (Å²) in [4.78, 5) is 2.18. The van der Waals surface area contributed by atoms with Gasteiger partial charge in [-0.15, -0.1) is 0 Å². The van der Waals surface area contributed by atoms with Crippen LogP contribution < -0.4 is 4.90 Å². The van der Waals surface area contributed by atoms with Gasteiger partial charge in [0.25, 0.3) is 0 Å². The molecule has 0 aliphatic carbocycles. The molecule has 0 aliphatic rings. The largest absolute Gasteiger partial charge is 0.396 e. The molecule has 1 rings (SSSR count). The van der Waals surface area contributed by atoms with Gasteiger partial charge in [0, 0.05) is 25.9 Å². The predicted octanol–water partition coefficient (Wildman–Crippen LogP) is 2.07. The molecule has 0 saturated heterocycles. The second kappa shape index (κ2) is 5.66. The summed E-state index contributed by atoms with van der Waals surface area (Å²) in [7, 11) is 2.06. The van der Waals surface area contributed by atoms with Crippen LogP contribution in [0.5, 0.6) is 0 Å². The highest BCUT2D eigenvalue weighted by molar-refractivity contribution is 5.47. The van der Waals surface area contributed by atoms with E-state index in [1.54, 1.807) is 0 Å². The zero-order valence-corrected chi connectivity index (χ0v) is 9.03. The molecule has 0 aromatic heterocycles. The molecular weight excluding hydrogens is 174 g/mol. The SMILES string of the molecule is CCc1cccc(N(C)CCCO)c1. The van der Waals surface area contributed by atoms with Crippen LogP contribution in [-0.2, 0) is 6.42 Å². The van der Waals surface area contributed by atoms with E-state index in [4.69, 9.17) is 5.11 Å². The van der Waals surface area contributed by atoms with Crippen LogP contribution in [0.1, 0.15) is 18.9 Å². The van der Waals surface area contributed by atoms with Gasteiger partial charge in [-0.1, -0.05) is 19.1 Å². The summed E-state index contributed by atoms with van der Waals surface area (Å²) in [6.07, 6.45) is 1.90. The molecule has 0 atom stereocenters. The molecule has 1 aromatic carbocycles. The van der Waals surface area contributed by atoms with Crippen molar-refractivity contribution >= 4 is 5.69 Å². The Balaban J connectivity index is 2.64. The Morgan fingerprint density at radius 3 is 2.79 bits per heavy atom. The Kier molecular flexibility index (Phi) is 4.47. The van der Waals surface area contributed by atoms with Gasteiger partial charge in [0.05, 0.1) is 0 Å². The maximum absolute atomic E-state index is 8.74. The molecule has 0 unspecified atom stereocenters. The molecule has 0 amide bonds. The van der Waals surface area contributed by atoms with Gasteiger partial charge in [-0.05, 0) is 30.5 Å². The highest BCUT2D eigenvalue weighted by Crippen LogP contribution is 2.15. The minimum absolute atomic E-state index is 0.262. The molecule has 0 radical (unpaired) electrons. The molecule has 0 bridgehead atoms. The summed E-state index contributed by atoms with van der Waals surface area (Å²) in [5, 5.41) is 8.74. The number of anilines is 1. The van der Waals surface area contributed by atoms with E-state index in [0.29, 0.717) is 0 Å². The summed E-state index contributed by atoms with van der Waals surface area (Å²) in [6.45, 7) is 3.33. The molecule has 0 spiro atoms. The predicted molar refractivity (Wildman–Crippen MR) is 60.8 cm³/mol. The fourth-order valence-electron chi connectivity index (χ4n) is 1.45.